The van der Waals surface area contributed by atoms with Crippen LogP contribution in [0.5, 0.6) is 0 Å². The average Bonchev–Trinajstić information content (AvgIpc) is 3.14. The lowest BCUT2D eigenvalue weighted by Crippen LogP contribution is -2.39. The van der Waals surface area contributed by atoms with Gasteiger partial charge in [-0.25, -0.2) is 0 Å². The van der Waals surface area contributed by atoms with Gasteiger partial charge >= 0.3 is 0 Å². The fourth-order valence-electron chi connectivity index (χ4n) is 2.64. The van der Waals surface area contributed by atoms with Gasteiger partial charge in [-0.1, -0.05) is 6.92 Å². The number of guanidine groups is 1. The van der Waals surface area contributed by atoms with Gasteiger partial charge < -0.3 is 10.6 Å². The van der Waals surface area contributed by atoms with Crippen molar-refractivity contribution in [2.45, 2.75) is 53.8 Å². The fourth-order valence-corrected chi connectivity index (χ4v) is 2.64. The van der Waals surface area contributed by atoms with E-state index in [-0.39, 0.29) is 24.0 Å². The predicted molar refractivity (Wildman–Crippen MR) is 117 cm³/mol. The Morgan fingerprint density at radius 3 is 2.46 bits per heavy atom. The lowest BCUT2D eigenvalue weighted by molar-refractivity contribution is 0.436. The van der Waals surface area contributed by atoms with E-state index in [4.69, 9.17) is 0 Å². The molecule has 146 valence electrons. The summed E-state index contributed by atoms with van der Waals surface area (Å²) in [5, 5.41) is 15.8. The summed E-state index contributed by atoms with van der Waals surface area (Å²) in [5.74, 6) is 1.23. The lowest BCUT2D eigenvalue weighted by Gasteiger charge is -2.16. The molecule has 0 radical (unpaired) electrons. The first-order valence-corrected chi connectivity index (χ1v) is 8.88. The lowest BCUT2D eigenvalue weighted by atomic mass is 10.2. The molecular weight excluding hydrogens is 441 g/mol. The summed E-state index contributed by atoms with van der Waals surface area (Å²) in [6, 6.07) is 4.52. The standard InChI is InChI=1S/C18H31N7.HI/c1-13(2)24-8-7-17(23-24)11-21-18(19-6)20-10-14(3)12-25-16(5)9-15(4)22-25;/h7-9,13-14H,10-12H2,1-6H3,(H2,19,20,21);1H. The van der Waals surface area contributed by atoms with Gasteiger partial charge in [-0.15, -0.1) is 24.0 Å². The summed E-state index contributed by atoms with van der Waals surface area (Å²) in [6.45, 7) is 13.0. The van der Waals surface area contributed by atoms with Crippen molar-refractivity contribution in [2.75, 3.05) is 13.6 Å². The third-order valence-corrected chi connectivity index (χ3v) is 4.06. The summed E-state index contributed by atoms with van der Waals surface area (Å²) in [4.78, 5) is 4.28. The molecule has 2 heterocycles. The van der Waals surface area contributed by atoms with Gasteiger partial charge in [0.1, 0.15) is 0 Å². The van der Waals surface area contributed by atoms with Crippen LogP contribution in [0.4, 0.5) is 0 Å². The van der Waals surface area contributed by atoms with Crippen molar-refractivity contribution in [3.05, 3.63) is 35.4 Å². The van der Waals surface area contributed by atoms with Crippen LogP contribution in [0.2, 0.25) is 0 Å². The third-order valence-electron chi connectivity index (χ3n) is 4.06. The molecule has 26 heavy (non-hydrogen) atoms. The molecule has 0 aromatic carbocycles. The van der Waals surface area contributed by atoms with Crippen molar-refractivity contribution < 1.29 is 0 Å². The van der Waals surface area contributed by atoms with Gasteiger partial charge in [0.05, 0.1) is 17.9 Å². The first-order chi connectivity index (χ1) is 11.9. The minimum atomic E-state index is 0. The third kappa shape index (κ3) is 6.62. The van der Waals surface area contributed by atoms with E-state index in [1.54, 1.807) is 7.05 Å². The highest BCUT2D eigenvalue weighted by Crippen LogP contribution is 2.06. The van der Waals surface area contributed by atoms with E-state index >= 15 is 0 Å². The van der Waals surface area contributed by atoms with Gasteiger partial charge in [-0.3, -0.25) is 14.4 Å². The van der Waals surface area contributed by atoms with E-state index in [0.717, 1.165) is 30.4 Å². The minimum absolute atomic E-state index is 0. The number of rotatable bonds is 7. The van der Waals surface area contributed by atoms with Gasteiger partial charge in [0.15, 0.2) is 5.96 Å². The molecule has 2 aromatic rings. The van der Waals surface area contributed by atoms with E-state index in [9.17, 15) is 0 Å². The van der Waals surface area contributed by atoms with Crippen molar-refractivity contribution in [3.8, 4) is 0 Å². The molecule has 2 N–H and O–H groups in total. The summed E-state index contributed by atoms with van der Waals surface area (Å²) in [7, 11) is 1.79. The van der Waals surface area contributed by atoms with E-state index in [0.29, 0.717) is 18.5 Å². The zero-order valence-electron chi connectivity index (χ0n) is 16.7. The van der Waals surface area contributed by atoms with Crippen molar-refractivity contribution in [1.29, 1.82) is 0 Å². The molecule has 0 amide bonds. The molecule has 8 heteroatoms. The topological polar surface area (TPSA) is 72.1 Å². The molecule has 1 atom stereocenters. The highest BCUT2D eigenvalue weighted by Gasteiger charge is 2.09. The van der Waals surface area contributed by atoms with E-state index < -0.39 is 0 Å². The molecule has 0 saturated carbocycles. The molecule has 0 saturated heterocycles. The Kier molecular flexibility index (Phi) is 9.11. The molecule has 7 nitrogen and oxygen atoms in total. The van der Waals surface area contributed by atoms with Crippen LogP contribution in [0.1, 0.15) is 43.9 Å². The zero-order valence-corrected chi connectivity index (χ0v) is 19.0. The predicted octanol–water partition coefficient (Wildman–Crippen LogP) is 2.90. The second-order valence-electron chi connectivity index (χ2n) is 6.90. The molecular formula is C18H32IN7. The molecule has 0 aliphatic heterocycles. The summed E-state index contributed by atoms with van der Waals surface area (Å²) in [5.41, 5.74) is 3.27. The van der Waals surface area contributed by atoms with Crippen LogP contribution < -0.4 is 10.6 Å². The van der Waals surface area contributed by atoms with Crippen LogP contribution in [-0.2, 0) is 13.1 Å². The molecule has 2 aromatic heterocycles. The minimum Gasteiger partial charge on any atom is -0.356 e. The van der Waals surface area contributed by atoms with Crippen molar-refractivity contribution in [2.24, 2.45) is 10.9 Å². The first kappa shape index (κ1) is 22.5. The van der Waals surface area contributed by atoms with E-state index in [1.807, 2.05) is 23.9 Å². The van der Waals surface area contributed by atoms with Gasteiger partial charge in [0, 0.05) is 38.1 Å². The number of aryl methyl sites for hydroxylation is 2. The first-order valence-electron chi connectivity index (χ1n) is 8.88. The Morgan fingerprint density at radius 1 is 1.19 bits per heavy atom. The van der Waals surface area contributed by atoms with Crippen molar-refractivity contribution in [3.63, 3.8) is 0 Å². The van der Waals surface area contributed by atoms with E-state index in [1.165, 1.54) is 5.69 Å². The van der Waals surface area contributed by atoms with Crippen LogP contribution in [0, 0.1) is 19.8 Å². The second-order valence-corrected chi connectivity index (χ2v) is 6.90. The number of aliphatic imine (C=N–C) groups is 1. The zero-order chi connectivity index (χ0) is 18.4. The quantitative estimate of drug-likeness (QED) is 0.369. The number of nitrogens with zero attached hydrogens (tertiary/aromatic N) is 5. The summed E-state index contributed by atoms with van der Waals surface area (Å²) in [6.07, 6.45) is 2.01. The normalized spacial score (nSPS) is 12.8. The van der Waals surface area contributed by atoms with Gasteiger partial charge in [-0.05, 0) is 45.7 Å². The monoisotopic (exact) mass is 473 g/mol. The largest absolute Gasteiger partial charge is 0.356 e. The number of aromatic nitrogens is 4. The Balaban J connectivity index is 0.00000338. The maximum absolute atomic E-state index is 4.54. The van der Waals surface area contributed by atoms with Crippen LogP contribution >= 0.6 is 24.0 Å². The Bertz CT molecular complexity index is 702. The Labute approximate surface area is 173 Å². The Hall–Kier alpha value is -1.58. The number of halogens is 1. The molecule has 0 aliphatic rings. The van der Waals surface area contributed by atoms with Crippen molar-refractivity contribution >= 4 is 29.9 Å². The SMILES string of the molecule is CN=C(NCc1ccn(C(C)C)n1)NCC(C)Cn1nc(C)cc1C.I. The Morgan fingerprint density at radius 2 is 1.92 bits per heavy atom. The average molecular weight is 473 g/mol. The highest BCUT2D eigenvalue weighted by atomic mass is 127. The number of hydrogen-bond donors (Lipinski definition) is 2. The van der Waals surface area contributed by atoms with Crippen LogP contribution in [0.15, 0.2) is 23.3 Å². The van der Waals surface area contributed by atoms with Crippen molar-refractivity contribution in [1.82, 2.24) is 30.2 Å². The molecule has 1 unspecified atom stereocenters. The highest BCUT2D eigenvalue weighted by molar-refractivity contribution is 14.0. The molecule has 0 bridgehead atoms. The molecule has 0 spiro atoms. The molecule has 0 aliphatic carbocycles. The number of hydrogen-bond acceptors (Lipinski definition) is 3. The fraction of sp³-hybridized carbons (Fsp3) is 0.611. The maximum atomic E-state index is 4.54. The second kappa shape index (κ2) is 10.5. The van der Waals surface area contributed by atoms with Gasteiger partial charge in [0.25, 0.3) is 0 Å². The van der Waals surface area contributed by atoms with E-state index in [2.05, 4.69) is 64.3 Å². The van der Waals surface area contributed by atoms with Gasteiger partial charge in [0.2, 0.25) is 0 Å². The molecule has 2 rings (SSSR count). The summed E-state index contributed by atoms with van der Waals surface area (Å²) >= 11 is 0. The van der Waals surface area contributed by atoms with Crippen LogP contribution in [0.25, 0.3) is 0 Å². The maximum Gasteiger partial charge on any atom is 0.191 e. The van der Waals surface area contributed by atoms with Gasteiger partial charge in [-0.2, -0.15) is 10.2 Å². The molecule has 0 fully saturated rings. The number of nitrogens with one attached hydrogen (secondary N) is 2. The van der Waals surface area contributed by atoms with Crippen LogP contribution in [-0.4, -0.2) is 39.1 Å². The summed E-state index contributed by atoms with van der Waals surface area (Å²) < 4.78 is 4.03. The smallest absolute Gasteiger partial charge is 0.191 e. The van der Waals surface area contributed by atoms with Crippen LogP contribution in [0.3, 0.4) is 0 Å².